The number of aromatic carboxylic acids is 1. The maximum atomic E-state index is 12.5. The molecule has 0 unspecified atom stereocenters. The first-order valence-electron chi connectivity index (χ1n) is 7.57. The van der Waals surface area contributed by atoms with Gasteiger partial charge in [0, 0.05) is 0 Å². The molecule has 0 aliphatic heterocycles. The summed E-state index contributed by atoms with van der Waals surface area (Å²) in [5.74, 6) is -1.53. The van der Waals surface area contributed by atoms with Gasteiger partial charge >= 0.3 is 29.6 Å². The molecule has 3 rings (SSSR count). The van der Waals surface area contributed by atoms with Crippen molar-refractivity contribution in [3.63, 3.8) is 0 Å². The van der Waals surface area contributed by atoms with Crippen molar-refractivity contribution in [2.24, 2.45) is 10.2 Å². The third-order valence-electron chi connectivity index (χ3n) is 3.66. The quantitative estimate of drug-likeness (QED) is 0.505. The summed E-state index contributed by atoms with van der Waals surface area (Å²) in [7, 11) is 0. The fourth-order valence-electron chi connectivity index (χ4n) is 2.26. The molecule has 0 spiro atoms. The van der Waals surface area contributed by atoms with E-state index >= 15 is 0 Å². The van der Waals surface area contributed by atoms with Crippen molar-refractivity contribution in [1.29, 1.82) is 0 Å². The van der Waals surface area contributed by atoms with Crippen molar-refractivity contribution in [3.8, 4) is 5.69 Å². The third-order valence-corrected chi connectivity index (χ3v) is 3.66. The van der Waals surface area contributed by atoms with Crippen molar-refractivity contribution in [1.82, 2.24) is 9.78 Å². The maximum Gasteiger partial charge on any atom is 1.00 e. The molecule has 126 valence electrons. The summed E-state index contributed by atoms with van der Waals surface area (Å²) in [6.07, 6.45) is 0. The smallest absolute Gasteiger partial charge is 0.543 e. The Morgan fingerprint density at radius 2 is 1.50 bits per heavy atom. The minimum atomic E-state index is -1.53. The molecule has 0 bridgehead atoms. The summed E-state index contributed by atoms with van der Waals surface area (Å²) in [4.78, 5) is 23.9. The molecule has 0 saturated carbocycles. The van der Waals surface area contributed by atoms with Gasteiger partial charge in [-0.1, -0.05) is 35.4 Å². The van der Waals surface area contributed by atoms with E-state index < -0.39 is 17.2 Å². The van der Waals surface area contributed by atoms with Crippen LogP contribution in [0.1, 0.15) is 21.6 Å². The van der Waals surface area contributed by atoms with Gasteiger partial charge in [0.2, 0.25) is 0 Å². The molecule has 0 aliphatic rings. The van der Waals surface area contributed by atoms with E-state index in [1.165, 1.54) is 0 Å². The van der Waals surface area contributed by atoms with Gasteiger partial charge in [-0.05, 0) is 38.1 Å². The SMILES string of the molecule is Cc1ccc(N=Nc2c(C(=O)[O-])[nH]n(-c3ccc(C)cc3)c2=O)cc1.[Na+]. The van der Waals surface area contributed by atoms with E-state index in [2.05, 4.69) is 15.3 Å². The molecule has 0 radical (unpaired) electrons. The number of carbonyl (C=O) groups is 1. The molecule has 2 aromatic carbocycles. The molecular formula is C18H15N4NaO3. The molecule has 1 aromatic heterocycles. The van der Waals surface area contributed by atoms with Gasteiger partial charge in [-0.15, -0.1) is 5.11 Å². The van der Waals surface area contributed by atoms with Crippen molar-refractivity contribution >= 4 is 17.3 Å². The Hall–Kier alpha value is -2.48. The van der Waals surface area contributed by atoms with Gasteiger partial charge < -0.3 is 9.90 Å². The van der Waals surface area contributed by atoms with Crippen LogP contribution in [-0.2, 0) is 0 Å². The Morgan fingerprint density at radius 1 is 0.962 bits per heavy atom. The van der Waals surface area contributed by atoms with Gasteiger partial charge in [-0.25, -0.2) is 4.68 Å². The third kappa shape index (κ3) is 4.19. The van der Waals surface area contributed by atoms with E-state index in [0.717, 1.165) is 15.8 Å². The fraction of sp³-hybridized carbons (Fsp3) is 0.111. The summed E-state index contributed by atoms with van der Waals surface area (Å²) in [6.45, 7) is 3.84. The van der Waals surface area contributed by atoms with Crippen molar-refractivity contribution in [2.45, 2.75) is 13.8 Å². The van der Waals surface area contributed by atoms with Gasteiger partial charge in [-0.3, -0.25) is 9.89 Å². The predicted molar refractivity (Wildman–Crippen MR) is 90.8 cm³/mol. The standard InChI is InChI=1S/C18H16N4O3.Na/c1-11-3-7-13(8-4-11)19-20-15-16(18(24)25)21-22(17(15)23)14-9-5-12(2)6-10-14;/h3-10,21H,1-2H3,(H,24,25);/q;+1/p-1. The van der Waals surface area contributed by atoms with Crippen LogP contribution < -0.4 is 40.2 Å². The number of nitrogens with zero attached hydrogens (tertiary/aromatic N) is 3. The molecule has 8 heteroatoms. The summed E-state index contributed by atoms with van der Waals surface area (Å²) in [5, 5.41) is 21.6. The molecular weight excluding hydrogens is 343 g/mol. The zero-order chi connectivity index (χ0) is 18.0. The zero-order valence-corrected chi connectivity index (χ0v) is 16.7. The number of azo groups is 1. The first kappa shape index (κ1) is 19.8. The second kappa shape index (κ2) is 8.27. The largest absolute Gasteiger partial charge is 1.00 e. The number of H-pyrrole nitrogens is 1. The summed E-state index contributed by atoms with van der Waals surface area (Å²) in [5.41, 5.74) is 1.74. The van der Waals surface area contributed by atoms with Crippen LogP contribution >= 0.6 is 0 Å². The molecule has 7 nitrogen and oxygen atoms in total. The topological polar surface area (TPSA) is 103 Å². The van der Waals surface area contributed by atoms with Crippen molar-refractivity contribution < 1.29 is 39.5 Å². The molecule has 26 heavy (non-hydrogen) atoms. The molecule has 0 saturated heterocycles. The van der Waals surface area contributed by atoms with Crippen LogP contribution in [0.15, 0.2) is 63.6 Å². The summed E-state index contributed by atoms with van der Waals surface area (Å²) < 4.78 is 1.11. The monoisotopic (exact) mass is 358 g/mol. The second-order valence-electron chi connectivity index (χ2n) is 5.63. The molecule has 1 N–H and O–H groups in total. The van der Waals surface area contributed by atoms with Crippen LogP contribution in [0.5, 0.6) is 0 Å². The van der Waals surface area contributed by atoms with Gasteiger partial charge in [-0.2, -0.15) is 5.11 Å². The number of carboxylic acids is 1. The Morgan fingerprint density at radius 3 is 2.04 bits per heavy atom. The number of rotatable bonds is 4. The Labute approximate surface area is 171 Å². The minimum Gasteiger partial charge on any atom is -0.543 e. The molecule has 0 fully saturated rings. The summed E-state index contributed by atoms with van der Waals surface area (Å²) in [6, 6.07) is 14.2. The average molecular weight is 358 g/mol. The Balaban J connectivity index is 0.00000243. The van der Waals surface area contributed by atoms with Crippen LogP contribution in [0.2, 0.25) is 0 Å². The van der Waals surface area contributed by atoms with Gasteiger partial charge in [0.1, 0.15) is 5.69 Å². The van der Waals surface area contributed by atoms with Crippen molar-refractivity contribution in [3.05, 3.63) is 75.7 Å². The number of aryl methyl sites for hydroxylation is 2. The normalized spacial score (nSPS) is 10.7. The van der Waals surface area contributed by atoms with E-state index in [0.29, 0.717) is 11.4 Å². The van der Waals surface area contributed by atoms with Crippen LogP contribution in [0.25, 0.3) is 5.69 Å². The van der Waals surface area contributed by atoms with Crippen LogP contribution in [0, 0.1) is 13.8 Å². The van der Waals surface area contributed by atoms with Crippen LogP contribution in [0.3, 0.4) is 0 Å². The number of nitrogens with one attached hydrogen (secondary N) is 1. The minimum absolute atomic E-state index is 0. The maximum absolute atomic E-state index is 12.5. The molecule has 1 heterocycles. The van der Waals surface area contributed by atoms with E-state index in [9.17, 15) is 14.7 Å². The average Bonchev–Trinajstić information content (AvgIpc) is 2.92. The van der Waals surface area contributed by atoms with E-state index in [1.54, 1.807) is 24.3 Å². The number of aromatic nitrogens is 2. The van der Waals surface area contributed by atoms with Crippen molar-refractivity contribution in [2.75, 3.05) is 0 Å². The number of hydrogen-bond acceptors (Lipinski definition) is 5. The van der Waals surface area contributed by atoms with Crippen LogP contribution in [0.4, 0.5) is 11.4 Å². The van der Waals surface area contributed by atoms with Gasteiger partial charge in [0.05, 0.1) is 17.3 Å². The number of hydrogen-bond donors (Lipinski definition) is 1. The fourth-order valence-corrected chi connectivity index (χ4v) is 2.26. The number of carboxylic acid groups (broad SMARTS) is 1. The van der Waals surface area contributed by atoms with E-state index in [-0.39, 0.29) is 35.2 Å². The van der Waals surface area contributed by atoms with Crippen LogP contribution in [-0.4, -0.2) is 15.7 Å². The van der Waals surface area contributed by atoms with Gasteiger partial charge in [0.25, 0.3) is 5.56 Å². The summed E-state index contributed by atoms with van der Waals surface area (Å²) >= 11 is 0. The first-order chi connectivity index (χ1) is 12.0. The number of aromatic amines is 1. The molecule has 0 amide bonds. The van der Waals surface area contributed by atoms with E-state index in [4.69, 9.17) is 0 Å². The van der Waals surface area contributed by atoms with Gasteiger partial charge in [0.15, 0.2) is 5.69 Å². The Bertz CT molecular complexity index is 1000. The predicted octanol–water partition coefficient (Wildman–Crippen LogP) is -0.435. The number of carbonyl (C=O) groups excluding carboxylic acids is 1. The number of benzene rings is 2. The molecule has 3 aromatic rings. The van der Waals surface area contributed by atoms with E-state index in [1.807, 2.05) is 38.1 Å². The molecule has 0 aliphatic carbocycles. The first-order valence-corrected chi connectivity index (χ1v) is 7.57. The second-order valence-corrected chi connectivity index (χ2v) is 5.63. The zero-order valence-electron chi connectivity index (χ0n) is 14.7. The Kier molecular flexibility index (Phi) is 6.31. The molecule has 0 atom stereocenters.